The van der Waals surface area contributed by atoms with Gasteiger partial charge in [-0.15, -0.1) is 0 Å². The van der Waals surface area contributed by atoms with Gasteiger partial charge in [-0.25, -0.2) is 0 Å². The second-order valence-corrected chi connectivity index (χ2v) is 6.47. The van der Waals surface area contributed by atoms with Gasteiger partial charge in [0.15, 0.2) is 0 Å². The molecular formula is C22H28N2O2. The molecule has 0 saturated carbocycles. The summed E-state index contributed by atoms with van der Waals surface area (Å²) in [7, 11) is 0. The summed E-state index contributed by atoms with van der Waals surface area (Å²) < 4.78 is 0. The number of rotatable bonds is 10. The van der Waals surface area contributed by atoms with E-state index in [0.717, 1.165) is 31.2 Å². The number of benzene rings is 2. The van der Waals surface area contributed by atoms with Crippen molar-refractivity contribution in [2.45, 2.75) is 51.9 Å². The number of anilines is 2. The van der Waals surface area contributed by atoms with E-state index in [4.69, 9.17) is 0 Å². The average molecular weight is 352 g/mol. The summed E-state index contributed by atoms with van der Waals surface area (Å²) in [5.74, 6) is -0.00875. The van der Waals surface area contributed by atoms with E-state index in [0.29, 0.717) is 30.6 Å². The van der Waals surface area contributed by atoms with E-state index in [-0.39, 0.29) is 11.8 Å². The smallest absolute Gasteiger partial charge is 0.224 e. The molecule has 0 spiro atoms. The van der Waals surface area contributed by atoms with Gasteiger partial charge in [0.2, 0.25) is 11.8 Å². The Bertz CT molecular complexity index is 698. The van der Waals surface area contributed by atoms with E-state index in [9.17, 15) is 9.59 Å². The zero-order chi connectivity index (χ0) is 18.6. The Morgan fingerprint density at radius 3 is 2.08 bits per heavy atom. The van der Waals surface area contributed by atoms with Crippen molar-refractivity contribution in [1.82, 2.24) is 0 Å². The molecule has 0 bridgehead atoms. The van der Waals surface area contributed by atoms with E-state index in [2.05, 4.69) is 17.6 Å². The minimum atomic E-state index is -0.0307. The third kappa shape index (κ3) is 7.51. The molecule has 0 radical (unpaired) electrons. The van der Waals surface area contributed by atoms with Crippen molar-refractivity contribution in [1.29, 1.82) is 0 Å². The Morgan fingerprint density at radius 1 is 0.769 bits per heavy atom. The molecule has 0 aliphatic heterocycles. The SMILES string of the molecule is CCCCCCC(=O)Nc1cccc(NC(=O)CCc2ccccc2)c1. The molecule has 0 fully saturated rings. The molecule has 138 valence electrons. The highest BCUT2D eigenvalue weighted by atomic mass is 16.2. The number of carbonyl (C=O) groups excluding carboxylic acids is 2. The molecule has 2 N–H and O–H groups in total. The highest BCUT2D eigenvalue weighted by molar-refractivity contribution is 5.94. The minimum absolute atomic E-state index is 0.0219. The first-order valence-electron chi connectivity index (χ1n) is 9.41. The maximum absolute atomic E-state index is 12.1. The fourth-order valence-electron chi connectivity index (χ4n) is 2.74. The summed E-state index contributed by atoms with van der Waals surface area (Å²) in [6.45, 7) is 2.15. The lowest BCUT2D eigenvalue weighted by Crippen LogP contribution is -2.14. The molecule has 2 aromatic carbocycles. The largest absolute Gasteiger partial charge is 0.326 e. The molecule has 0 atom stereocenters. The van der Waals surface area contributed by atoms with Crippen molar-refractivity contribution < 1.29 is 9.59 Å². The zero-order valence-electron chi connectivity index (χ0n) is 15.5. The van der Waals surface area contributed by atoms with Gasteiger partial charge in [0, 0.05) is 24.2 Å². The first-order valence-corrected chi connectivity index (χ1v) is 9.41. The quantitative estimate of drug-likeness (QED) is 0.580. The molecule has 0 aliphatic carbocycles. The lowest BCUT2D eigenvalue weighted by molar-refractivity contribution is -0.117. The topological polar surface area (TPSA) is 58.2 Å². The highest BCUT2D eigenvalue weighted by Gasteiger charge is 2.06. The summed E-state index contributed by atoms with van der Waals surface area (Å²) >= 11 is 0. The summed E-state index contributed by atoms with van der Waals surface area (Å²) in [5.41, 5.74) is 2.56. The maximum Gasteiger partial charge on any atom is 0.224 e. The molecule has 2 rings (SSSR count). The fraction of sp³-hybridized carbons (Fsp3) is 0.364. The molecule has 2 amide bonds. The molecule has 2 aromatic rings. The van der Waals surface area contributed by atoms with E-state index in [1.165, 1.54) is 0 Å². The molecule has 26 heavy (non-hydrogen) atoms. The van der Waals surface area contributed by atoms with Gasteiger partial charge in [-0.2, -0.15) is 0 Å². The van der Waals surface area contributed by atoms with Crippen LogP contribution in [0.5, 0.6) is 0 Å². The van der Waals surface area contributed by atoms with Gasteiger partial charge < -0.3 is 10.6 Å². The van der Waals surface area contributed by atoms with E-state index >= 15 is 0 Å². The Labute approximate surface area is 156 Å². The van der Waals surface area contributed by atoms with Gasteiger partial charge in [0.1, 0.15) is 0 Å². The molecule has 0 saturated heterocycles. The van der Waals surface area contributed by atoms with Crippen molar-refractivity contribution in [3.63, 3.8) is 0 Å². The first-order chi connectivity index (χ1) is 12.7. The Hall–Kier alpha value is -2.62. The van der Waals surface area contributed by atoms with Crippen LogP contribution in [0.4, 0.5) is 11.4 Å². The minimum Gasteiger partial charge on any atom is -0.326 e. The number of unbranched alkanes of at least 4 members (excludes halogenated alkanes) is 3. The van der Waals surface area contributed by atoms with Crippen LogP contribution >= 0.6 is 0 Å². The monoisotopic (exact) mass is 352 g/mol. The van der Waals surface area contributed by atoms with Crippen molar-refractivity contribution in [3.8, 4) is 0 Å². The lowest BCUT2D eigenvalue weighted by atomic mass is 10.1. The fourth-order valence-corrected chi connectivity index (χ4v) is 2.74. The predicted octanol–water partition coefficient (Wildman–Crippen LogP) is 5.17. The van der Waals surface area contributed by atoms with Crippen LogP contribution in [0.25, 0.3) is 0 Å². The van der Waals surface area contributed by atoms with Gasteiger partial charge in [-0.05, 0) is 36.6 Å². The number of carbonyl (C=O) groups is 2. The molecule has 0 heterocycles. The summed E-state index contributed by atoms with van der Waals surface area (Å²) in [6.07, 6.45) is 6.00. The number of hydrogen-bond acceptors (Lipinski definition) is 2. The Balaban J connectivity index is 1.78. The second kappa shape index (κ2) is 11.1. The van der Waals surface area contributed by atoms with Crippen molar-refractivity contribution >= 4 is 23.2 Å². The molecule has 0 unspecified atom stereocenters. The van der Waals surface area contributed by atoms with Crippen molar-refractivity contribution in [2.75, 3.05) is 10.6 Å². The first kappa shape index (κ1) is 19.7. The third-order valence-electron chi connectivity index (χ3n) is 4.17. The van der Waals surface area contributed by atoms with Crippen LogP contribution in [-0.4, -0.2) is 11.8 Å². The zero-order valence-corrected chi connectivity index (χ0v) is 15.5. The van der Waals surface area contributed by atoms with Gasteiger partial charge in [-0.3, -0.25) is 9.59 Å². The van der Waals surface area contributed by atoms with Crippen LogP contribution in [0.1, 0.15) is 51.0 Å². The Kier molecular flexibility index (Phi) is 8.40. The van der Waals surface area contributed by atoms with Gasteiger partial charge >= 0.3 is 0 Å². The number of aryl methyl sites for hydroxylation is 1. The number of amides is 2. The van der Waals surface area contributed by atoms with E-state index in [1.807, 2.05) is 48.5 Å². The van der Waals surface area contributed by atoms with Crippen LogP contribution in [-0.2, 0) is 16.0 Å². The lowest BCUT2D eigenvalue weighted by Gasteiger charge is -2.09. The van der Waals surface area contributed by atoms with Crippen LogP contribution < -0.4 is 10.6 Å². The molecule has 4 heteroatoms. The standard InChI is InChI=1S/C22H28N2O2/c1-2-3-4-8-14-21(25)23-19-12-9-13-20(17-19)24-22(26)16-15-18-10-6-5-7-11-18/h5-7,9-13,17H,2-4,8,14-16H2,1H3,(H,23,25)(H,24,26). The van der Waals surface area contributed by atoms with Crippen LogP contribution in [0.3, 0.4) is 0 Å². The van der Waals surface area contributed by atoms with Gasteiger partial charge in [0.05, 0.1) is 0 Å². The average Bonchev–Trinajstić information content (AvgIpc) is 2.65. The summed E-state index contributed by atoms with van der Waals surface area (Å²) in [5, 5.41) is 5.80. The van der Waals surface area contributed by atoms with Crippen LogP contribution in [0.15, 0.2) is 54.6 Å². The molecule has 0 aliphatic rings. The number of nitrogens with one attached hydrogen (secondary N) is 2. The highest BCUT2D eigenvalue weighted by Crippen LogP contribution is 2.16. The van der Waals surface area contributed by atoms with Crippen molar-refractivity contribution in [2.24, 2.45) is 0 Å². The molecule has 0 aromatic heterocycles. The maximum atomic E-state index is 12.1. The van der Waals surface area contributed by atoms with Gasteiger partial charge in [-0.1, -0.05) is 62.6 Å². The second-order valence-electron chi connectivity index (χ2n) is 6.47. The van der Waals surface area contributed by atoms with Crippen LogP contribution in [0, 0.1) is 0 Å². The number of hydrogen-bond donors (Lipinski definition) is 2. The molecular weight excluding hydrogens is 324 g/mol. The normalized spacial score (nSPS) is 10.3. The van der Waals surface area contributed by atoms with E-state index in [1.54, 1.807) is 6.07 Å². The van der Waals surface area contributed by atoms with Gasteiger partial charge in [0.25, 0.3) is 0 Å². The predicted molar refractivity (Wildman–Crippen MR) is 107 cm³/mol. The van der Waals surface area contributed by atoms with Crippen molar-refractivity contribution in [3.05, 3.63) is 60.2 Å². The summed E-state index contributed by atoms with van der Waals surface area (Å²) in [6, 6.07) is 17.2. The Morgan fingerprint density at radius 2 is 1.42 bits per heavy atom. The third-order valence-corrected chi connectivity index (χ3v) is 4.17. The molecule has 4 nitrogen and oxygen atoms in total. The van der Waals surface area contributed by atoms with Crippen LogP contribution in [0.2, 0.25) is 0 Å². The van der Waals surface area contributed by atoms with E-state index < -0.39 is 0 Å². The summed E-state index contributed by atoms with van der Waals surface area (Å²) in [4.78, 5) is 24.1.